The van der Waals surface area contributed by atoms with Crippen LogP contribution < -0.4 is 0 Å². The van der Waals surface area contributed by atoms with Gasteiger partial charge in [-0.05, 0) is 35.7 Å². The molecule has 0 fully saturated rings. The van der Waals surface area contributed by atoms with Crippen LogP contribution in [-0.4, -0.2) is 15.2 Å². The van der Waals surface area contributed by atoms with E-state index in [1.165, 1.54) is 11.3 Å². The lowest BCUT2D eigenvalue weighted by molar-refractivity contribution is 0.0995. The first-order valence-corrected chi connectivity index (χ1v) is 9.24. The number of aromatic nitrogens is 2. The standard InChI is InChI=1S/C19H12Cl2N2OS/c20-13-5-3-12(4-6-13)19-15(10-16(24)17-2-1-9-25-17)23-11-14(21)7-8-18(23)22-19/h1-9,11H,10H2. The lowest BCUT2D eigenvalue weighted by Crippen LogP contribution is -2.05. The van der Waals surface area contributed by atoms with Gasteiger partial charge >= 0.3 is 0 Å². The predicted octanol–water partition coefficient (Wildman–Crippen LogP) is 5.80. The topological polar surface area (TPSA) is 34.4 Å². The third-order valence-corrected chi connectivity index (χ3v) is 5.31. The van der Waals surface area contributed by atoms with Crippen LogP contribution in [0.3, 0.4) is 0 Å². The normalized spacial score (nSPS) is 11.1. The summed E-state index contributed by atoms with van der Waals surface area (Å²) >= 11 is 13.6. The van der Waals surface area contributed by atoms with E-state index in [0.29, 0.717) is 10.0 Å². The van der Waals surface area contributed by atoms with E-state index in [9.17, 15) is 4.79 Å². The molecule has 0 amide bonds. The van der Waals surface area contributed by atoms with Gasteiger partial charge in [0.15, 0.2) is 5.78 Å². The summed E-state index contributed by atoms with van der Waals surface area (Å²) in [6.45, 7) is 0. The molecular weight excluding hydrogens is 375 g/mol. The van der Waals surface area contributed by atoms with E-state index in [2.05, 4.69) is 0 Å². The number of ketones is 1. The van der Waals surface area contributed by atoms with Gasteiger partial charge in [-0.1, -0.05) is 41.4 Å². The van der Waals surface area contributed by atoms with Gasteiger partial charge in [-0.15, -0.1) is 11.3 Å². The zero-order valence-corrected chi connectivity index (χ0v) is 15.3. The van der Waals surface area contributed by atoms with Gasteiger partial charge in [0.2, 0.25) is 0 Å². The van der Waals surface area contributed by atoms with Gasteiger partial charge in [0.05, 0.1) is 27.7 Å². The smallest absolute Gasteiger partial charge is 0.178 e. The Morgan fingerprint density at radius 1 is 1.04 bits per heavy atom. The first-order valence-electron chi connectivity index (χ1n) is 7.61. The summed E-state index contributed by atoms with van der Waals surface area (Å²) in [6, 6.07) is 14.8. The molecule has 0 aliphatic heterocycles. The summed E-state index contributed by atoms with van der Waals surface area (Å²) in [4.78, 5) is 18.1. The second kappa shape index (κ2) is 6.64. The summed E-state index contributed by atoms with van der Waals surface area (Å²) in [5.41, 5.74) is 3.25. The SMILES string of the molecule is O=C(Cc1c(-c2ccc(Cl)cc2)nc2ccc(Cl)cn12)c1cccs1. The van der Waals surface area contributed by atoms with Gasteiger partial charge in [-0.3, -0.25) is 4.79 Å². The number of carbonyl (C=O) groups excluding carboxylic acids is 1. The average Bonchev–Trinajstić information content (AvgIpc) is 3.24. The average molecular weight is 387 g/mol. The van der Waals surface area contributed by atoms with E-state index in [1.807, 2.05) is 52.2 Å². The van der Waals surface area contributed by atoms with Gasteiger partial charge in [-0.25, -0.2) is 4.98 Å². The summed E-state index contributed by atoms with van der Waals surface area (Å²) in [6.07, 6.45) is 2.04. The van der Waals surface area contributed by atoms with E-state index in [1.54, 1.807) is 12.3 Å². The molecule has 4 rings (SSSR count). The Morgan fingerprint density at radius 3 is 2.52 bits per heavy atom. The molecule has 6 heteroatoms. The second-order valence-corrected chi connectivity index (χ2v) is 7.39. The van der Waals surface area contributed by atoms with E-state index >= 15 is 0 Å². The van der Waals surface area contributed by atoms with Crippen molar-refractivity contribution in [2.75, 3.05) is 0 Å². The molecule has 25 heavy (non-hydrogen) atoms. The van der Waals surface area contributed by atoms with Gasteiger partial charge < -0.3 is 4.40 Å². The molecule has 124 valence electrons. The highest BCUT2D eigenvalue weighted by Gasteiger charge is 2.18. The molecule has 0 unspecified atom stereocenters. The van der Waals surface area contributed by atoms with Gasteiger partial charge in [0.1, 0.15) is 5.65 Å². The van der Waals surface area contributed by atoms with Crippen LogP contribution >= 0.6 is 34.5 Å². The Morgan fingerprint density at radius 2 is 1.80 bits per heavy atom. The maximum absolute atomic E-state index is 12.7. The highest BCUT2D eigenvalue weighted by molar-refractivity contribution is 7.12. The van der Waals surface area contributed by atoms with Crippen molar-refractivity contribution in [2.24, 2.45) is 0 Å². The Bertz CT molecular complexity index is 1050. The van der Waals surface area contributed by atoms with Crippen molar-refractivity contribution in [3.63, 3.8) is 0 Å². The van der Waals surface area contributed by atoms with Crippen LogP contribution in [0.5, 0.6) is 0 Å². The fourth-order valence-electron chi connectivity index (χ4n) is 2.75. The minimum Gasteiger partial charge on any atom is -0.301 e. The fraction of sp³-hybridized carbons (Fsp3) is 0.0526. The van der Waals surface area contributed by atoms with Gasteiger partial charge in [-0.2, -0.15) is 0 Å². The summed E-state index contributed by atoms with van der Waals surface area (Å²) in [7, 11) is 0. The molecule has 0 atom stereocenters. The monoisotopic (exact) mass is 386 g/mol. The molecule has 4 aromatic rings. The number of nitrogens with zero attached hydrogens (tertiary/aromatic N) is 2. The zero-order chi connectivity index (χ0) is 17.4. The summed E-state index contributed by atoms with van der Waals surface area (Å²) in [5.74, 6) is 0.0620. The van der Waals surface area contributed by atoms with E-state index < -0.39 is 0 Å². The number of hydrogen-bond acceptors (Lipinski definition) is 3. The Balaban J connectivity index is 1.86. The van der Waals surface area contributed by atoms with E-state index in [0.717, 1.165) is 27.5 Å². The van der Waals surface area contributed by atoms with Crippen molar-refractivity contribution < 1.29 is 4.79 Å². The zero-order valence-electron chi connectivity index (χ0n) is 12.9. The molecule has 1 aromatic carbocycles. The Hall–Kier alpha value is -2.14. The third kappa shape index (κ3) is 3.21. The first kappa shape index (κ1) is 16.3. The molecule has 3 aromatic heterocycles. The Kier molecular flexibility index (Phi) is 4.34. The quantitative estimate of drug-likeness (QED) is 0.415. The lowest BCUT2D eigenvalue weighted by atomic mass is 10.1. The number of carbonyl (C=O) groups is 1. The molecule has 0 saturated carbocycles. The van der Waals surface area contributed by atoms with Crippen LogP contribution in [0.1, 0.15) is 15.4 Å². The van der Waals surface area contributed by atoms with Crippen molar-refractivity contribution in [3.8, 4) is 11.3 Å². The highest BCUT2D eigenvalue weighted by Crippen LogP contribution is 2.28. The fourth-order valence-corrected chi connectivity index (χ4v) is 3.70. The van der Waals surface area contributed by atoms with Crippen LogP contribution in [0.15, 0.2) is 60.1 Å². The molecule has 0 aliphatic carbocycles. The summed E-state index contributed by atoms with van der Waals surface area (Å²) in [5, 5.41) is 3.16. The number of rotatable bonds is 4. The first-order chi connectivity index (χ1) is 12.1. The largest absolute Gasteiger partial charge is 0.301 e. The molecule has 0 saturated heterocycles. The minimum atomic E-state index is 0.0620. The number of hydrogen-bond donors (Lipinski definition) is 0. The van der Waals surface area contributed by atoms with Crippen LogP contribution in [-0.2, 0) is 6.42 Å². The van der Waals surface area contributed by atoms with Crippen LogP contribution in [0.2, 0.25) is 10.0 Å². The van der Waals surface area contributed by atoms with Crippen molar-refractivity contribution in [2.45, 2.75) is 6.42 Å². The van der Waals surface area contributed by atoms with Gasteiger partial charge in [0, 0.05) is 16.8 Å². The van der Waals surface area contributed by atoms with Gasteiger partial charge in [0.25, 0.3) is 0 Å². The van der Waals surface area contributed by atoms with Crippen molar-refractivity contribution in [3.05, 3.63) is 80.7 Å². The number of thiophene rings is 1. The number of pyridine rings is 1. The Labute approximate surface area is 158 Å². The second-order valence-electron chi connectivity index (χ2n) is 5.57. The molecule has 0 spiro atoms. The molecule has 0 N–H and O–H groups in total. The predicted molar refractivity (Wildman–Crippen MR) is 103 cm³/mol. The minimum absolute atomic E-state index is 0.0620. The number of halogens is 2. The number of fused-ring (bicyclic) bond motifs is 1. The molecule has 0 aliphatic rings. The van der Waals surface area contributed by atoms with Crippen molar-refractivity contribution in [1.82, 2.24) is 9.38 Å². The van der Waals surface area contributed by atoms with E-state index in [4.69, 9.17) is 28.2 Å². The highest BCUT2D eigenvalue weighted by atomic mass is 35.5. The third-order valence-electron chi connectivity index (χ3n) is 3.92. The molecule has 0 bridgehead atoms. The maximum Gasteiger partial charge on any atom is 0.178 e. The number of imidazole rings is 1. The molecule has 0 radical (unpaired) electrons. The number of Topliss-reactive ketones (excluding diaryl/α,β-unsaturated/α-hetero) is 1. The van der Waals surface area contributed by atoms with Crippen molar-refractivity contribution >= 4 is 46.0 Å². The van der Waals surface area contributed by atoms with Crippen molar-refractivity contribution in [1.29, 1.82) is 0 Å². The maximum atomic E-state index is 12.7. The van der Waals surface area contributed by atoms with Crippen LogP contribution in [0, 0.1) is 0 Å². The molecule has 3 heterocycles. The van der Waals surface area contributed by atoms with Crippen LogP contribution in [0.4, 0.5) is 0 Å². The molecule has 3 nitrogen and oxygen atoms in total. The van der Waals surface area contributed by atoms with E-state index in [-0.39, 0.29) is 12.2 Å². The summed E-state index contributed by atoms with van der Waals surface area (Å²) < 4.78 is 1.89. The van der Waals surface area contributed by atoms with Crippen LogP contribution in [0.25, 0.3) is 16.9 Å². The molecular formula is C19H12Cl2N2OS. The number of benzene rings is 1. The lowest BCUT2D eigenvalue weighted by Gasteiger charge is -2.05.